The summed E-state index contributed by atoms with van der Waals surface area (Å²) in [4.78, 5) is 0.566. The van der Waals surface area contributed by atoms with Crippen LogP contribution in [0, 0.1) is 0 Å². The third kappa shape index (κ3) is 4.00. The van der Waals surface area contributed by atoms with E-state index in [1.165, 1.54) is 12.1 Å². The second-order valence-corrected chi connectivity index (χ2v) is 8.20. The molecule has 4 rings (SSSR count). The van der Waals surface area contributed by atoms with Gasteiger partial charge in [-0.2, -0.15) is 13.2 Å². The van der Waals surface area contributed by atoms with Gasteiger partial charge in [0.25, 0.3) is 0 Å². The van der Waals surface area contributed by atoms with Gasteiger partial charge in [0.15, 0.2) is 0 Å². The van der Waals surface area contributed by atoms with E-state index < -0.39 is 34.0 Å². The molecule has 0 saturated carbocycles. The van der Waals surface area contributed by atoms with Crippen molar-refractivity contribution in [3.05, 3.63) is 83.9 Å². The molecule has 156 valence electrons. The highest BCUT2D eigenvalue weighted by atomic mass is 32.2. The maximum Gasteiger partial charge on any atom is 0.416 e. The van der Waals surface area contributed by atoms with Crippen LogP contribution in [-0.2, 0) is 17.0 Å². The summed E-state index contributed by atoms with van der Waals surface area (Å²) in [5.74, 6) is 1.18. The Balaban J connectivity index is 1.69. The minimum Gasteiger partial charge on any atom is -0.497 e. The molecule has 0 aliphatic carbocycles. The van der Waals surface area contributed by atoms with Crippen LogP contribution >= 0.6 is 0 Å². The van der Waals surface area contributed by atoms with E-state index in [1.807, 2.05) is 0 Å². The lowest BCUT2D eigenvalue weighted by Crippen LogP contribution is -2.31. The largest absolute Gasteiger partial charge is 0.497 e. The molecule has 30 heavy (non-hydrogen) atoms. The highest BCUT2D eigenvalue weighted by Gasteiger charge is 2.39. The van der Waals surface area contributed by atoms with Crippen LogP contribution < -0.4 is 14.8 Å². The monoisotopic (exact) mass is 433 g/mol. The number of methoxy groups -OCH3 is 1. The predicted octanol–water partition coefficient (Wildman–Crippen LogP) is 5.39. The average Bonchev–Trinajstić information content (AvgIpc) is 3.08. The molecule has 0 amide bonds. The zero-order valence-corrected chi connectivity index (χ0v) is 16.7. The molecule has 1 heterocycles. The molecular formula is C22H18F3NO3S. The SMILES string of the molecule is COc1ccc(N[C@@H](c2ccc(C(F)(F)F)cc2)[C@@H]2Oc3ccccc3[S@@]2=O)cc1. The first-order chi connectivity index (χ1) is 14.4. The molecule has 0 aromatic heterocycles. The number of fused-ring (bicyclic) bond motifs is 1. The van der Waals surface area contributed by atoms with Gasteiger partial charge in [-0.1, -0.05) is 24.3 Å². The lowest BCUT2D eigenvalue weighted by atomic mass is 10.0. The van der Waals surface area contributed by atoms with Crippen molar-refractivity contribution in [1.82, 2.24) is 0 Å². The van der Waals surface area contributed by atoms with Crippen molar-refractivity contribution in [3.8, 4) is 11.5 Å². The topological polar surface area (TPSA) is 47.6 Å². The Labute approximate surface area is 174 Å². The van der Waals surface area contributed by atoms with Gasteiger partial charge in [0, 0.05) is 5.69 Å². The first-order valence-electron chi connectivity index (χ1n) is 9.11. The number of hydrogen-bond acceptors (Lipinski definition) is 4. The van der Waals surface area contributed by atoms with Crippen molar-refractivity contribution in [3.63, 3.8) is 0 Å². The summed E-state index contributed by atoms with van der Waals surface area (Å²) >= 11 is 0. The van der Waals surface area contributed by atoms with E-state index in [0.29, 0.717) is 27.6 Å². The standard InChI is InChI=1S/C22H18F3NO3S/c1-28-17-12-10-16(11-13-17)26-20(14-6-8-15(9-7-14)22(23,24)25)21-29-18-4-2-3-5-19(18)30(21)27/h2-13,20-21,26H,1H3/t20-,21+,30-/m0/s1. The van der Waals surface area contributed by atoms with Gasteiger partial charge in [0.2, 0.25) is 5.44 Å². The number of hydrogen-bond donors (Lipinski definition) is 1. The minimum absolute atomic E-state index is 0.509. The summed E-state index contributed by atoms with van der Waals surface area (Å²) in [5, 5.41) is 3.26. The molecule has 3 aromatic rings. The lowest BCUT2D eigenvalue weighted by molar-refractivity contribution is -0.137. The summed E-state index contributed by atoms with van der Waals surface area (Å²) in [7, 11) is 0.0559. The Kier molecular flexibility index (Phi) is 5.42. The number of rotatable bonds is 5. The molecule has 1 aliphatic rings. The second kappa shape index (κ2) is 8.02. The Morgan fingerprint density at radius 2 is 1.67 bits per heavy atom. The third-order valence-electron chi connectivity index (χ3n) is 4.80. The smallest absolute Gasteiger partial charge is 0.416 e. The normalized spacial score (nSPS) is 18.9. The van der Waals surface area contributed by atoms with Crippen molar-refractivity contribution in [2.24, 2.45) is 0 Å². The number of halogens is 3. The van der Waals surface area contributed by atoms with Crippen LogP contribution in [0.25, 0.3) is 0 Å². The van der Waals surface area contributed by atoms with Gasteiger partial charge in [-0.3, -0.25) is 4.21 Å². The molecule has 3 atom stereocenters. The summed E-state index contributed by atoms with van der Waals surface area (Å²) in [6, 6.07) is 18.2. The van der Waals surface area contributed by atoms with Gasteiger partial charge in [0.1, 0.15) is 28.3 Å². The van der Waals surface area contributed by atoms with Crippen molar-refractivity contribution in [1.29, 1.82) is 0 Å². The molecule has 0 radical (unpaired) electrons. The highest BCUT2D eigenvalue weighted by Crippen LogP contribution is 2.39. The molecule has 3 aromatic carbocycles. The fraction of sp³-hybridized carbons (Fsp3) is 0.182. The molecule has 0 saturated heterocycles. The summed E-state index contributed by atoms with van der Waals surface area (Å²) in [6.07, 6.45) is -4.43. The predicted molar refractivity (Wildman–Crippen MR) is 108 cm³/mol. The van der Waals surface area contributed by atoms with E-state index in [-0.39, 0.29) is 0 Å². The molecule has 4 nitrogen and oxygen atoms in total. The first kappa shape index (κ1) is 20.3. The summed E-state index contributed by atoms with van der Waals surface area (Å²) in [5.41, 5.74) is -0.324. The Morgan fingerprint density at radius 3 is 2.27 bits per heavy atom. The van der Waals surface area contributed by atoms with E-state index in [1.54, 1.807) is 55.6 Å². The fourth-order valence-corrected chi connectivity index (χ4v) is 4.69. The minimum atomic E-state index is -4.43. The first-order valence-corrected chi connectivity index (χ1v) is 10.3. The van der Waals surface area contributed by atoms with Gasteiger partial charge in [-0.15, -0.1) is 0 Å². The van der Waals surface area contributed by atoms with Crippen LogP contribution in [0.5, 0.6) is 11.5 Å². The zero-order valence-electron chi connectivity index (χ0n) is 15.8. The molecule has 0 spiro atoms. The van der Waals surface area contributed by atoms with Crippen LogP contribution in [0.4, 0.5) is 18.9 Å². The number of para-hydroxylation sites is 1. The summed E-state index contributed by atoms with van der Waals surface area (Å²) < 4.78 is 63.1. The van der Waals surface area contributed by atoms with Crippen molar-refractivity contribution < 1.29 is 26.9 Å². The van der Waals surface area contributed by atoms with E-state index in [0.717, 1.165) is 12.1 Å². The van der Waals surface area contributed by atoms with Gasteiger partial charge in [-0.05, 0) is 54.1 Å². The van der Waals surface area contributed by atoms with Gasteiger partial charge < -0.3 is 14.8 Å². The van der Waals surface area contributed by atoms with E-state index in [2.05, 4.69) is 5.32 Å². The maximum absolute atomic E-state index is 13.1. The Hall–Kier alpha value is -3.00. The zero-order chi connectivity index (χ0) is 21.3. The maximum atomic E-state index is 13.1. The van der Waals surface area contributed by atoms with Crippen LogP contribution in [0.2, 0.25) is 0 Å². The number of nitrogens with one attached hydrogen (secondary N) is 1. The van der Waals surface area contributed by atoms with E-state index in [4.69, 9.17) is 9.47 Å². The fourth-order valence-electron chi connectivity index (χ4n) is 3.25. The van der Waals surface area contributed by atoms with Crippen LogP contribution in [0.15, 0.2) is 77.7 Å². The lowest BCUT2D eigenvalue weighted by Gasteiger charge is -2.25. The molecular weight excluding hydrogens is 415 g/mol. The van der Waals surface area contributed by atoms with Crippen LogP contribution in [0.1, 0.15) is 17.2 Å². The molecule has 1 aliphatic heterocycles. The van der Waals surface area contributed by atoms with E-state index in [9.17, 15) is 17.4 Å². The number of alkyl halides is 3. The summed E-state index contributed by atoms with van der Waals surface area (Å²) in [6.45, 7) is 0. The molecule has 0 bridgehead atoms. The second-order valence-electron chi connectivity index (χ2n) is 6.70. The van der Waals surface area contributed by atoms with Crippen molar-refractivity contribution >= 4 is 16.5 Å². The average molecular weight is 433 g/mol. The quantitative estimate of drug-likeness (QED) is 0.586. The van der Waals surface area contributed by atoms with Crippen molar-refractivity contribution in [2.75, 3.05) is 12.4 Å². The highest BCUT2D eigenvalue weighted by molar-refractivity contribution is 7.86. The number of anilines is 1. The van der Waals surface area contributed by atoms with Gasteiger partial charge in [-0.25, -0.2) is 0 Å². The van der Waals surface area contributed by atoms with Gasteiger partial charge in [0.05, 0.1) is 17.6 Å². The third-order valence-corrected chi connectivity index (χ3v) is 6.36. The van der Waals surface area contributed by atoms with Crippen LogP contribution in [-0.4, -0.2) is 16.8 Å². The Morgan fingerprint density at radius 1 is 1.00 bits per heavy atom. The van der Waals surface area contributed by atoms with Crippen LogP contribution in [0.3, 0.4) is 0 Å². The molecule has 8 heteroatoms. The molecule has 0 fully saturated rings. The molecule has 0 unspecified atom stereocenters. The Bertz CT molecular complexity index is 1050. The van der Waals surface area contributed by atoms with E-state index >= 15 is 0 Å². The molecule has 1 N–H and O–H groups in total. The van der Waals surface area contributed by atoms with Gasteiger partial charge >= 0.3 is 6.18 Å². The number of benzene rings is 3. The number of ether oxygens (including phenoxy) is 2. The van der Waals surface area contributed by atoms with Crippen molar-refractivity contribution in [2.45, 2.75) is 22.5 Å².